The van der Waals surface area contributed by atoms with E-state index in [1.165, 1.54) is 60.8 Å². The summed E-state index contributed by atoms with van der Waals surface area (Å²) in [6, 6.07) is 52.2. The van der Waals surface area contributed by atoms with E-state index >= 15 is 0 Å². The van der Waals surface area contributed by atoms with Gasteiger partial charge in [0.1, 0.15) is 0 Å². The number of hydrogen-bond donors (Lipinski definition) is 0. The number of rotatable bonds is 3. The molecule has 1 aliphatic rings. The zero-order chi connectivity index (χ0) is 27.6. The molecule has 0 amide bonds. The summed E-state index contributed by atoms with van der Waals surface area (Å²) in [5.41, 5.74) is 11.7. The van der Waals surface area contributed by atoms with Crippen molar-refractivity contribution < 1.29 is 0 Å². The molecule has 8 aromatic rings. The van der Waals surface area contributed by atoms with Gasteiger partial charge in [-0.1, -0.05) is 91.0 Å². The molecule has 0 aliphatic carbocycles. The molecule has 0 spiro atoms. The van der Waals surface area contributed by atoms with Crippen molar-refractivity contribution in [3.63, 3.8) is 0 Å². The maximum Gasteiger partial charge on any atom is 0.0783 e. The maximum atomic E-state index is 4.78. The maximum absolute atomic E-state index is 4.78. The van der Waals surface area contributed by atoms with E-state index in [9.17, 15) is 0 Å². The number of hydrogen-bond acceptors (Lipinski definition) is 2. The highest BCUT2D eigenvalue weighted by Gasteiger charge is 2.28. The van der Waals surface area contributed by atoms with Crippen molar-refractivity contribution in [1.82, 2.24) is 9.55 Å². The van der Waals surface area contributed by atoms with Gasteiger partial charge in [0.15, 0.2) is 0 Å². The van der Waals surface area contributed by atoms with Gasteiger partial charge in [0.2, 0.25) is 0 Å². The van der Waals surface area contributed by atoms with Gasteiger partial charge in [-0.05, 0) is 71.1 Å². The Morgan fingerprint density at radius 2 is 1.17 bits per heavy atom. The highest BCUT2D eigenvalue weighted by atomic mass is 15.2. The van der Waals surface area contributed by atoms with Crippen LogP contribution in [-0.2, 0) is 0 Å². The Kier molecular flexibility index (Phi) is 4.90. The average Bonchev–Trinajstić information content (AvgIpc) is 3.40. The molecule has 1 aliphatic heterocycles. The molecule has 196 valence electrons. The largest absolute Gasteiger partial charge is 0.306 e. The summed E-state index contributed by atoms with van der Waals surface area (Å²) in [7, 11) is 0. The van der Waals surface area contributed by atoms with Crippen LogP contribution in [0.4, 0.5) is 17.1 Å². The lowest BCUT2D eigenvalue weighted by molar-refractivity contribution is 1.11. The lowest BCUT2D eigenvalue weighted by atomic mass is 9.98. The third kappa shape index (κ3) is 3.31. The minimum atomic E-state index is 1.01. The molecule has 42 heavy (non-hydrogen) atoms. The standard InChI is InChI=1S/C39H25N3/c1-2-13-30(14-3-1)41-35-17-6-7-18-36(35)42-34-21-20-28(25-33(34)32-16-9-19-37(41)39(32)42)27-11-8-12-29(24-27)38-31-15-5-4-10-26(31)22-23-40-38/h1-25H. The van der Waals surface area contributed by atoms with Crippen LogP contribution in [0.1, 0.15) is 0 Å². The molecule has 0 saturated heterocycles. The summed E-state index contributed by atoms with van der Waals surface area (Å²) < 4.78 is 2.44. The van der Waals surface area contributed by atoms with E-state index in [-0.39, 0.29) is 0 Å². The van der Waals surface area contributed by atoms with E-state index in [1.54, 1.807) is 0 Å². The molecule has 0 saturated carbocycles. The van der Waals surface area contributed by atoms with E-state index in [0.29, 0.717) is 0 Å². The smallest absolute Gasteiger partial charge is 0.0783 e. The van der Waals surface area contributed by atoms with Gasteiger partial charge in [-0.3, -0.25) is 4.98 Å². The minimum Gasteiger partial charge on any atom is -0.306 e. The van der Waals surface area contributed by atoms with E-state index in [2.05, 4.69) is 155 Å². The molecule has 3 heterocycles. The van der Waals surface area contributed by atoms with Crippen LogP contribution in [0.5, 0.6) is 0 Å². The Morgan fingerprint density at radius 1 is 0.452 bits per heavy atom. The normalized spacial score (nSPS) is 12.2. The summed E-state index contributed by atoms with van der Waals surface area (Å²) in [6.45, 7) is 0. The quantitative estimate of drug-likeness (QED) is 0.224. The Morgan fingerprint density at radius 3 is 2.10 bits per heavy atom. The lowest BCUT2D eigenvalue weighted by Crippen LogP contribution is -2.17. The summed E-state index contributed by atoms with van der Waals surface area (Å²) in [5, 5.41) is 4.88. The molecule has 3 heteroatoms. The first-order valence-electron chi connectivity index (χ1n) is 14.3. The lowest BCUT2D eigenvalue weighted by Gasteiger charge is -2.33. The van der Waals surface area contributed by atoms with Crippen molar-refractivity contribution in [1.29, 1.82) is 0 Å². The van der Waals surface area contributed by atoms with Crippen molar-refractivity contribution >= 4 is 49.6 Å². The van der Waals surface area contributed by atoms with E-state index in [0.717, 1.165) is 16.9 Å². The van der Waals surface area contributed by atoms with Crippen molar-refractivity contribution in [2.24, 2.45) is 0 Å². The van der Waals surface area contributed by atoms with Crippen LogP contribution < -0.4 is 4.90 Å². The van der Waals surface area contributed by atoms with Crippen molar-refractivity contribution in [3.8, 4) is 28.1 Å². The number of benzene rings is 6. The SMILES string of the molecule is c1ccc(N2c3ccccc3-n3c4ccc(-c5cccc(-c6nccc7ccccc67)c5)cc4c4cccc2c43)cc1. The molecule has 0 N–H and O–H groups in total. The summed E-state index contributed by atoms with van der Waals surface area (Å²) in [6.07, 6.45) is 1.90. The molecule has 0 bridgehead atoms. The zero-order valence-corrected chi connectivity index (χ0v) is 22.8. The third-order valence-corrected chi connectivity index (χ3v) is 8.53. The number of para-hydroxylation sites is 4. The number of pyridine rings is 1. The molecular formula is C39H25N3. The molecule has 0 atom stereocenters. The van der Waals surface area contributed by atoms with Gasteiger partial charge in [-0.15, -0.1) is 0 Å². The van der Waals surface area contributed by atoms with Crippen LogP contribution in [-0.4, -0.2) is 9.55 Å². The van der Waals surface area contributed by atoms with Crippen molar-refractivity contribution in [2.75, 3.05) is 4.90 Å². The monoisotopic (exact) mass is 535 g/mol. The topological polar surface area (TPSA) is 21.1 Å². The second-order valence-corrected chi connectivity index (χ2v) is 10.9. The summed E-state index contributed by atoms with van der Waals surface area (Å²) in [4.78, 5) is 7.17. The predicted octanol–water partition coefficient (Wildman–Crippen LogP) is 10.4. The highest BCUT2D eigenvalue weighted by molar-refractivity contribution is 6.17. The van der Waals surface area contributed by atoms with Crippen LogP contribution in [0, 0.1) is 0 Å². The van der Waals surface area contributed by atoms with E-state index < -0.39 is 0 Å². The zero-order valence-electron chi connectivity index (χ0n) is 22.8. The van der Waals surface area contributed by atoms with Gasteiger partial charge in [0, 0.05) is 33.6 Å². The fourth-order valence-corrected chi connectivity index (χ4v) is 6.68. The molecule has 9 rings (SSSR count). The first-order chi connectivity index (χ1) is 20.8. The van der Waals surface area contributed by atoms with Crippen molar-refractivity contribution in [2.45, 2.75) is 0 Å². The van der Waals surface area contributed by atoms with E-state index in [4.69, 9.17) is 4.98 Å². The second-order valence-electron chi connectivity index (χ2n) is 10.9. The highest BCUT2D eigenvalue weighted by Crippen LogP contribution is 2.49. The van der Waals surface area contributed by atoms with Gasteiger partial charge in [0.05, 0.1) is 33.8 Å². The number of aromatic nitrogens is 2. The molecule has 0 unspecified atom stereocenters. The Hall–Kier alpha value is -5.67. The Bertz CT molecular complexity index is 2310. The number of fused-ring (bicyclic) bond motifs is 6. The van der Waals surface area contributed by atoms with Gasteiger partial charge in [-0.25, -0.2) is 0 Å². The number of anilines is 3. The molecule has 0 radical (unpaired) electrons. The molecule has 3 nitrogen and oxygen atoms in total. The van der Waals surface area contributed by atoms with Gasteiger partial charge >= 0.3 is 0 Å². The predicted molar refractivity (Wildman–Crippen MR) is 175 cm³/mol. The Balaban J connectivity index is 1.26. The summed E-state index contributed by atoms with van der Waals surface area (Å²) >= 11 is 0. The van der Waals surface area contributed by atoms with Crippen LogP contribution in [0.2, 0.25) is 0 Å². The van der Waals surface area contributed by atoms with Crippen LogP contribution >= 0.6 is 0 Å². The number of nitrogens with zero attached hydrogens (tertiary/aromatic N) is 3. The van der Waals surface area contributed by atoms with Crippen LogP contribution in [0.3, 0.4) is 0 Å². The van der Waals surface area contributed by atoms with Gasteiger partial charge in [-0.2, -0.15) is 0 Å². The van der Waals surface area contributed by atoms with Crippen LogP contribution in [0.15, 0.2) is 152 Å². The average molecular weight is 536 g/mol. The first kappa shape index (κ1) is 23.1. The molecular weight excluding hydrogens is 510 g/mol. The fourth-order valence-electron chi connectivity index (χ4n) is 6.68. The minimum absolute atomic E-state index is 1.01. The third-order valence-electron chi connectivity index (χ3n) is 8.53. The first-order valence-corrected chi connectivity index (χ1v) is 14.3. The fraction of sp³-hybridized carbons (Fsp3) is 0. The molecule has 2 aromatic heterocycles. The van der Waals surface area contributed by atoms with Crippen LogP contribution in [0.25, 0.3) is 60.6 Å². The van der Waals surface area contributed by atoms with Gasteiger partial charge < -0.3 is 9.47 Å². The molecule has 0 fully saturated rings. The van der Waals surface area contributed by atoms with Gasteiger partial charge in [0.25, 0.3) is 0 Å². The molecule has 6 aromatic carbocycles. The van der Waals surface area contributed by atoms with E-state index in [1.807, 2.05) is 6.20 Å². The van der Waals surface area contributed by atoms with Crippen molar-refractivity contribution in [3.05, 3.63) is 152 Å². The summed E-state index contributed by atoms with van der Waals surface area (Å²) in [5.74, 6) is 0. The second kappa shape index (κ2) is 8.92. The Labute approximate surface area is 243 Å².